The zero-order valence-corrected chi connectivity index (χ0v) is 15.4. The highest BCUT2D eigenvalue weighted by Gasteiger charge is 2.33. The van der Waals surface area contributed by atoms with Crippen LogP contribution in [0.3, 0.4) is 0 Å². The second-order valence-corrected chi connectivity index (χ2v) is 7.54. The maximum atomic E-state index is 14.7. The van der Waals surface area contributed by atoms with E-state index in [4.69, 9.17) is 0 Å². The molecule has 0 spiro atoms. The molecule has 1 aliphatic heterocycles. The third-order valence-corrected chi connectivity index (χ3v) is 5.79. The van der Waals surface area contributed by atoms with Crippen molar-refractivity contribution in [3.05, 3.63) is 41.5 Å². The van der Waals surface area contributed by atoms with Gasteiger partial charge in [0.05, 0.1) is 6.04 Å². The molecule has 2 fully saturated rings. The number of piperazine rings is 1. The van der Waals surface area contributed by atoms with Crippen LogP contribution in [-0.4, -0.2) is 63.2 Å². The monoisotopic (exact) mass is 358 g/mol. The fraction of sp³-hybridized carbons (Fsp3) is 0.632. The second-order valence-electron chi connectivity index (χ2n) is 7.54. The Labute approximate surface area is 154 Å². The zero-order chi connectivity index (χ0) is 17.9. The van der Waals surface area contributed by atoms with Crippen LogP contribution in [0.25, 0.3) is 0 Å². The molecule has 2 aliphatic rings. The molecule has 140 valence electrons. The summed E-state index contributed by atoms with van der Waals surface area (Å²) in [5.74, 6) is 0.598. The summed E-state index contributed by atoms with van der Waals surface area (Å²) in [5.41, 5.74) is 0.670. The molecule has 7 heteroatoms. The first kappa shape index (κ1) is 17.5. The van der Waals surface area contributed by atoms with Crippen molar-refractivity contribution in [2.75, 3.05) is 33.2 Å². The lowest BCUT2D eigenvalue weighted by Gasteiger charge is -2.38. The topological polar surface area (TPSA) is 50.1 Å². The number of hydrogen-bond donors (Lipinski definition) is 0. The van der Waals surface area contributed by atoms with Gasteiger partial charge in [-0.1, -0.05) is 37.5 Å². The van der Waals surface area contributed by atoms with Crippen LogP contribution in [-0.2, 0) is 0 Å². The van der Waals surface area contributed by atoms with Gasteiger partial charge in [0.2, 0.25) is 0 Å². The summed E-state index contributed by atoms with van der Waals surface area (Å²) in [6.07, 6.45) is 5.91. The van der Waals surface area contributed by atoms with Gasteiger partial charge in [-0.3, -0.25) is 4.90 Å². The molecule has 0 N–H and O–H groups in total. The van der Waals surface area contributed by atoms with Crippen molar-refractivity contribution >= 4 is 0 Å². The van der Waals surface area contributed by atoms with Crippen molar-refractivity contribution in [3.63, 3.8) is 0 Å². The van der Waals surface area contributed by atoms with Gasteiger partial charge in [0, 0.05) is 31.7 Å². The molecule has 2 heterocycles. The van der Waals surface area contributed by atoms with E-state index >= 15 is 0 Å². The highest BCUT2D eigenvalue weighted by Crippen LogP contribution is 2.34. The number of nitrogens with zero attached hydrogens (tertiary/aromatic N) is 6. The Morgan fingerprint density at radius 1 is 1.04 bits per heavy atom. The van der Waals surface area contributed by atoms with Gasteiger partial charge < -0.3 is 4.90 Å². The van der Waals surface area contributed by atoms with Crippen molar-refractivity contribution in [1.82, 2.24) is 30.0 Å². The van der Waals surface area contributed by atoms with Gasteiger partial charge in [0.1, 0.15) is 11.9 Å². The van der Waals surface area contributed by atoms with E-state index in [9.17, 15) is 4.39 Å². The molecule has 1 atom stereocenters. The van der Waals surface area contributed by atoms with Crippen molar-refractivity contribution < 1.29 is 4.39 Å². The molecule has 1 saturated carbocycles. The number of tetrazole rings is 1. The van der Waals surface area contributed by atoms with Crippen molar-refractivity contribution in [1.29, 1.82) is 0 Å². The molecule has 1 aromatic carbocycles. The van der Waals surface area contributed by atoms with Gasteiger partial charge in [0.15, 0.2) is 5.82 Å². The Morgan fingerprint density at radius 2 is 1.77 bits per heavy atom. The summed E-state index contributed by atoms with van der Waals surface area (Å²) in [6.45, 7) is 3.70. The first-order valence-corrected chi connectivity index (χ1v) is 9.69. The molecular weight excluding hydrogens is 331 g/mol. The van der Waals surface area contributed by atoms with Gasteiger partial charge in [0.25, 0.3) is 0 Å². The van der Waals surface area contributed by atoms with E-state index in [1.165, 1.54) is 25.3 Å². The second kappa shape index (κ2) is 7.80. The van der Waals surface area contributed by atoms with Gasteiger partial charge >= 0.3 is 0 Å². The number of rotatable bonds is 4. The van der Waals surface area contributed by atoms with E-state index in [2.05, 4.69) is 32.4 Å². The normalized spacial score (nSPS) is 21.8. The summed E-state index contributed by atoms with van der Waals surface area (Å²) >= 11 is 0. The fourth-order valence-corrected chi connectivity index (χ4v) is 4.24. The van der Waals surface area contributed by atoms with Crippen LogP contribution in [0.5, 0.6) is 0 Å². The predicted molar refractivity (Wildman–Crippen MR) is 97.3 cm³/mol. The first-order chi connectivity index (χ1) is 12.7. The van der Waals surface area contributed by atoms with Crippen LogP contribution in [0.4, 0.5) is 4.39 Å². The van der Waals surface area contributed by atoms with E-state index in [0.29, 0.717) is 11.6 Å². The maximum Gasteiger partial charge on any atom is 0.173 e. The highest BCUT2D eigenvalue weighted by molar-refractivity contribution is 5.27. The standard InChI is InChI=1S/C19H27FN6/c1-24-11-13-25(14-12-24)18(16-9-5-6-10-17(16)20)19-21-22-23-26(19)15-7-3-2-4-8-15/h5-6,9-10,15,18H,2-4,7-8,11-14H2,1H3. The first-order valence-electron chi connectivity index (χ1n) is 9.69. The molecule has 0 amide bonds. The van der Waals surface area contributed by atoms with Crippen LogP contribution in [0.2, 0.25) is 0 Å². The minimum atomic E-state index is -0.234. The average Bonchev–Trinajstić information content (AvgIpc) is 3.15. The smallest absolute Gasteiger partial charge is 0.173 e. The molecule has 1 saturated heterocycles. The number of benzene rings is 1. The number of aromatic nitrogens is 4. The van der Waals surface area contributed by atoms with Crippen molar-refractivity contribution in [2.24, 2.45) is 0 Å². The summed E-state index contributed by atoms with van der Waals surface area (Å²) in [6, 6.07) is 7.14. The number of halogens is 1. The van der Waals surface area contributed by atoms with Crippen molar-refractivity contribution in [2.45, 2.75) is 44.2 Å². The zero-order valence-electron chi connectivity index (χ0n) is 15.4. The lowest BCUT2D eigenvalue weighted by atomic mass is 9.95. The van der Waals surface area contributed by atoms with E-state index < -0.39 is 0 Å². The molecule has 0 bridgehead atoms. The fourth-order valence-electron chi connectivity index (χ4n) is 4.24. The van der Waals surface area contributed by atoms with Crippen LogP contribution in [0.15, 0.2) is 24.3 Å². The highest BCUT2D eigenvalue weighted by atomic mass is 19.1. The quantitative estimate of drug-likeness (QED) is 0.841. The molecule has 2 aromatic rings. The largest absolute Gasteiger partial charge is 0.304 e. The summed E-state index contributed by atoms with van der Waals surface area (Å²) in [7, 11) is 2.13. The Kier molecular flexibility index (Phi) is 5.26. The van der Waals surface area contributed by atoms with E-state index in [1.807, 2.05) is 16.8 Å². The minimum absolute atomic E-state index is 0.186. The molecule has 4 rings (SSSR count). The Bertz CT molecular complexity index is 718. The molecular formula is C19H27FN6. The van der Waals surface area contributed by atoms with E-state index in [0.717, 1.165) is 44.8 Å². The van der Waals surface area contributed by atoms with Gasteiger partial charge in [-0.2, -0.15) is 0 Å². The molecule has 1 aromatic heterocycles. The van der Waals surface area contributed by atoms with Crippen LogP contribution in [0.1, 0.15) is 55.6 Å². The van der Waals surface area contributed by atoms with E-state index in [1.54, 1.807) is 6.07 Å². The molecule has 26 heavy (non-hydrogen) atoms. The Morgan fingerprint density at radius 3 is 2.50 bits per heavy atom. The number of hydrogen-bond acceptors (Lipinski definition) is 5. The average molecular weight is 358 g/mol. The molecule has 0 radical (unpaired) electrons. The van der Waals surface area contributed by atoms with Crippen LogP contribution < -0.4 is 0 Å². The van der Waals surface area contributed by atoms with Gasteiger partial charge in [-0.05, 0) is 36.4 Å². The lowest BCUT2D eigenvalue weighted by molar-refractivity contribution is 0.118. The van der Waals surface area contributed by atoms with Gasteiger partial charge in [-0.25, -0.2) is 9.07 Å². The molecule has 1 aliphatic carbocycles. The third kappa shape index (κ3) is 3.50. The summed E-state index contributed by atoms with van der Waals surface area (Å²) < 4.78 is 16.7. The minimum Gasteiger partial charge on any atom is -0.304 e. The summed E-state index contributed by atoms with van der Waals surface area (Å²) in [5, 5.41) is 12.7. The lowest BCUT2D eigenvalue weighted by Crippen LogP contribution is -2.47. The Balaban J connectivity index is 1.72. The SMILES string of the molecule is CN1CCN(C(c2ccccc2F)c2nnnn2C2CCCCC2)CC1. The van der Waals surface area contributed by atoms with E-state index in [-0.39, 0.29) is 11.9 Å². The molecule has 6 nitrogen and oxygen atoms in total. The van der Waals surface area contributed by atoms with Gasteiger partial charge in [-0.15, -0.1) is 5.10 Å². The van der Waals surface area contributed by atoms with Crippen molar-refractivity contribution in [3.8, 4) is 0 Å². The van der Waals surface area contributed by atoms with Crippen LogP contribution >= 0.6 is 0 Å². The Hall–Kier alpha value is -1.86. The molecule has 1 unspecified atom stereocenters. The maximum absolute atomic E-state index is 14.7. The van der Waals surface area contributed by atoms with Crippen LogP contribution in [0, 0.1) is 5.82 Å². The third-order valence-electron chi connectivity index (χ3n) is 5.79. The summed E-state index contributed by atoms with van der Waals surface area (Å²) in [4.78, 5) is 4.63. The predicted octanol–water partition coefficient (Wildman–Crippen LogP) is 2.65. The number of likely N-dealkylation sites (N-methyl/N-ethyl adjacent to an activating group) is 1.